The topological polar surface area (TPSA) is 69.5 Å². The summed E-state index contributed by atoms with van der Waals surface area (Å²) in [5, 5.41) is 2.93. The molecule has 0 aliphatic carbocycles. The SMILES string of the molecule is Cc1nc2nc(C)c(N3CCN(c4ccc(F)cc4)CC3)c(=O)n2[nH]1. The highest BCUT2D eigenvalue weighted by Gasteiger charge is 2.23. The molecule has 2 aromatic heterocycles. The molecule has 4 rings (SSSR count). The third-order valence-corrected chi connectivity index (χ3v) is 4.55. The van der Waals surface area contributed by atoms with E-state index in [1.54, 1.807) is 19.1 Å². The lowest BCUT2D eigenvalue weighted by Gasteiger charge is -2.37. The van der Waals surface area contributed by atoms with Crippen molar-refractivity contribution >= 4 is 17.2 Å². The molecule has 7 nitrogen and oxygen atoms in total. The number of hydrogen-bond acceptors (Lipinski definition) is 5. The monoisotopic (exact) mass is 342 g/mol. The molecule has 0 spiro atoms. The Morgan fingerprint density at radius 2 is 1.64 bits per heavy atom. The number of H-pyrrole nitrogens is 1. The van der Waals surface area contributed by atoms with Gasteiger partial charge in [0, 0.05) is 31.9 Å². The van der Waals surface area contributed by atoms with Crippen molar-refractivity contribution in [2.45, 2.75) is 13.8 Å². The van der Waals surface area contributed by atoms with Crippen LogP contribution in [0.25, 0.3) is 5.78 Å². The lowest BCUT2D eigenvalue weighted by Crippen LogP contribution is -2.48. The van der Waals surface area contributed by atoms with Crippen molar-refractivity contribution in [2.75, 3.05) is 36.0 Å². The summed E-state index contributed by atoms with van der Waals surface area (Å²) in [5.74, 6) is 0.816. The molecule has 3 heterocycles. The van der Waals surface area contributed by atoms with Crippen LogP contribution in [0.1, 0.15) is 11.5 Å². The Labute approximate surface area is 143 Å². The predicted molar refractivity (Wildman–Crippen MR) is 93.9 cm³/mol. The zero-order chi connectivity index (χ0) is 17.6. The number of aromatic nitrogens is 4. The van der Waals surface area contributed by atoms with E-state index in [2.05, 4.69) is 24.9 Å². The van der Waals surface area contributed by atoms with Gasteiger partial charge in [0.1, 0.15) is 17.3 Å². The van der Waals surface area contributed by atoms with E-state index in [0.717, 1.165) is 18.8 Å². The van der Waals surface area contributed by atoms with Gasteiger partial charge in [0.25, 0.3) is 11.3 Å². The van der Waals surface area contributed by atoms with Crippen LogP contribution in [0, 0.1) is 19.7 Å². The van der Waals surface area contributed by atoms with Crippen LogP contribution in [0.4, 0.5) is 15.8 Å². The Kier molecular flexibility index (Phi) is 3.67. The van der Waals surface area contributed by atoms with E-state index in [0.29, 0.717) is 36.1 Å². The Morgan fingerprint density at radius 1 is 1.00 bits per heavy atom. The third-order valence-electron chi connectivity index (χ3n) is 4.55. The van der Waals surface area contributed by atoms with Crippen LogP contribution in [0.3, 0.4) is 0 Å². The van der Waals surface area contributed by atoms with E-state index >= 15 is 0 Å². The molecule has 0 saturated carbocycles. The Morgan fingerprint density at radius 3 is 2.32 bits per heavy atom. The van der Waals surface area contributed by atoms with Crippen LogP contribution >= 0.6 is 0 Å². The van der Waals surface area contributed by atoms with Gasteiger partial charge in [-0.2, -0.15) is 9.50 Å². The van der Waals surface area contributed by atoms with E-state index in [1.165, 1.54) is 16.6 Å². The molecule has 130 valence electrons. The smallest absolute Gasteiger partial charge is 0.297 e. The summed E-state index contributed by atoms with van der Waals surface area (Å²) in [4.78, 5) is 25.7. The van der Waals surface area contributed by atoms with Crippen molar-refractivity contribution in [3.8, 4) is 0 Å². The maximum Gasteiger partial charge on any atom is 0.297 e. The van der Waals surface area contributed by atoms with Crippen molar-refractivity contribution in [3.63, 3.8) is 0 Å². The molecule has 1 aliphatic heterocycles. The largest absolute Gasteiger partial charge is 0.368 e. The average molecular weight is 342 g/mol. The van der Waals surface area contributed by atoms with Crippen molar-refractivity contribution in [1.29, 1.82) is 0 Å². The van der Waals surface area contributed by atoms with Crippen molar-refractivity contribution in [2.24, 2.45) is 0 Å². The van der Waals surface area contributed by atoms with E-state index in [9.17, 15) is 9.18 Å². The average Bonchev–Trinajstić information content (AvgIpc) is 2.97. The van der Waals surface area contributed by atoms with Gasteiger partial charge in [-0.1, -0.05) is 0 Å². The summed E-state index contributed by atoms with van der Waals surface area (Å²) in [5.41, 5.74) is 2.16. The van der Waals surface area contributed by atoms with Crippen LogP contribution in [0.2, 0.25) is 0 Å². The number of fused-ring (bicyclic) bond motifs is 1. The zero-order valence-corrected chi connectivity index (χ0v) is 14.2. The summed E-state index contributed by atoms with van der Waals surface area (Å²) in [6, 6.07) is 6.51. The first-order valence-electron chi connectivity index (χ1n) is 8.24. The molecule has 0 amide bonds. The van der Waals surface area contributed by atoms with Gasteiger partial charge in [0.15, 0.2) is 0 Å². The molecule has 3 aromatic rings. The molecular weight excluding hydrogens is 323 g/mol. The van der Waals surface area contributed by atoms with Crippen molar-refractivity contribution in [1.82, 2.24) is 19.6 Å². The van der Waals surface area contributed by atoms with Gasteiger partial charge in [0.05, 0.1) is 5.69 Å². The number of nitrogens with one attached hydrogen (secondary N) is 1. The second-order valence-electron chi connectivity index (χ2n) is 6.25. The molecule has 0 bridgehead atoms. The number of anilines is 2. The highest BCUT2D eigenvalue weighted by atomic mass is 19.1. The summed E-state index contributed by atoms with van der Waals surface area (Å²) in [6.07, 6.45) is 0. The number of nitrogens with zero attached hydrogens (tertiary/aromatic N) is 5. The molecule has 8 heteroatoms. The summed E-state index contributed by atoms with van der Waals surface area (Å²) in [6.45, 7) is 6.56. The van der Waals surface area contributed by atoms with E-state index < -0.39 is 0 Å². The molecule has 0 unspecified atom stereocenters. The number of benzene rings is 1. The lowest BCUT2D eigenvalue weighted by atomic mass is 10.2. The van der Waals surface area contributed by atoms with Gasteiger partial charge in [0.2, 0.25) is 0 Å². The van der Waals surface area contributed by atoms with Crippen molar-refractivity contribution in [3.05, 3.63) is 52.0 Å². The van der Waals surface area contributed by atoms with Gasteiger partial charge in [-0.05, 0) is 38.1 Å². The van der Waals surface area contributed by atoms with E-state index in [-0.39, 0.29) is 11.4 Å². The number of piperazine rings is 1. The fourth-order valence-electron chi connectivity index (χ4n) is 3.32. The maximum atomic E-state index is 13.1. The molecule has 1 N–H and O–H groups in total. The van der Waals surface area contributed by atoms with Gasteiger partial charge in [-0.15, -0.1) is 0 Å². The van der Waals surface area contributed by atoms with Gasteiger partial charge in [-0.3, -0.25) is 9.89 Å². The molecule has 1 fully saturated rings. The third kappa shape index (κ3) is 2.73. The minimum Gasteiger partial charge on any atom is -0.368 e. The van der Waals surface area contributed by atoms with E-state index in [1.807, 2.05) is 6.92 Å². The molecular formula is C17H19FN6O. The lowest BCUT2D eigenvalue weighted by molar-refractivity contribution is 0.624. The van der Waals surface area contributed by atoms with Gasteiger partial charge < -0.3 is 9.80 Å². The van der Waals surface area contributed by atoms with Gasteiger partial charge in [-0.25, -0.2) is 9.37 Å². The number of rotatable bonds is 2. The maximum absolute atomic E-state index is 13.1. The first kappa shape index (κ1) is 15.6. The minimum atomic E-state index is -0.236. The molecule has 1 aromatic carbocycles. The number of halogens is 1. The highest BCUT2D eigenvalue weighted by Crippen LogP contribution is 2.20. The molecule has 25 heavy (non-hydrogen) atoms. The first-order chi connectivity index (χ1) is 12.0. The fourth-order valence-corrected chi connectivity index (χ4v) is 3.32. The highest BCUT2D eigenvalue weighted by molar-refractivity contribution is 5.54. The first-order valence-corrected chi connectivity index (χ1v) is 8.24. The van der Waals surface area contributed by atoms with Gasteiger partial charge >= 0.3 is 0 Å². The molecule has 1 saturated heterocycles. The number of aromatic amines is 1. The Hall–Kier alpha value is -2.90. The number of aryl methyl sites for hydroxylation is 2. The summed E-state index contributed by atoms with van der Waals surface area (Å²) >= 11 is 0. The quantitative estimate of drug-likeness (QED) is 0.764. The van der Waals surface area contributed by atoms with E-state index in [4.69, 9.17) is 0 Å². The van der Waals surface area contributed by atoms with Crippen LogP contribution in [-0.2, 0) is 0 Å². The molecule has 0 atom stereocenters. The van der Waals surface area contributed by atoms with Crippen LogP contribution < -0.4 is 15.4 Å². The standard InChI is InChI=1S/C17H19FN6O/c1-11-15(16(25)24-17(19-11)20-12(2)21-24)23-9-7-22(8-10-23)14-5-3-13(18)4-6-14/h3-6H,7-10H2,1-2H3,(H,19,20,21). The zero-order valence-electron chi connectivity index (χ0n) is 14.2. The molecule has 0 radical (unpaired) electrons. The van der Waals surface area contributed by atoms with Crippen LogP contribution in [-0.4, -0.2) is 45.8 Å². The normalized spacial score (nSPS) is 15.2. The minimum absolute atomic E-state index is 0.127. The van der Waals surface area contributed by atoms with Crippen LogP contribution in [0.15, 0.2) is 29.1 Å². The summed E-state index contributed by atoms with van der Waals surface area (Å²) < 4.78 is 14.5. The molecule has 1 aliphatic rings. The second-order valence-corrected chi connectivity index (χ2v) is 6.25. The Bertz CT molecular complexity index is 969. The van der Waals surface area contributed by atoms with Crippen molar-refractivity contribution < 1.29 is 4.39 Å². The Balaban J connectivity index is 1.59. The predicted octanol–water partition coefficient (Wildman–Crippen LogP) is 1.50. The fraction of sp³-hybridized carbons (Fsp3) is 0.353. The summed E-state index contributed by atoms with van der Waals surface area (Å²) in [7, 11) is 0. The second kappa shape index (κ2) is 5.87. The number of hydrogen-bond donors (Lipinski definition) is 1. The van der Waals surface area contributed by atoms with Crippen LogP contribution in [0.5, 0.6) is 0 Å².